The quantitative estimate of drug-likeness (QED) is 0.585. The number of anilines is 2. The number of hydrogen-bond acceptors (Lipinski definition) is 9. The molecule has 2 aromatic rings. The Balaban J connectivity index is 1.51. The van der Waals surface area contributed by atoms with Crippen molar-refractivity contribution < 1.29 is 23.9 Å². The molecule has 10 nitrogen and oxygen atoms in total. The van der Waals surface area contributed by atoms with Gasteiger partial charge in [0.1, 0.15) is 11.7 Å². The number of methoxy groups -OCH3 is 2. The van der Waals surface area contributed by atoms with E-state index in [4.69, 9.17) is 4.74 Å². The van der Waals surface area contributed by atoms with Gasteiger partial charge in [0.25, 0.3) is 5.91 Å². The second-order valence-electron chi connectivity index (χ2n) is 7.38. The Morgan fingerprint density at radius 2 is 1.81 bits per heavy atom. The molecular formula is C22H27N5O5. The van der Waals surface area contributed by atoms with Gasteiger partial charge in [-0.05, 0) is 37.1 Å². The molecule has 1 saturated heterocycles. The Labute approximate surface area is 186 Å². The predicted octanol–water partition coefficient (Wildman–Crippen LogP) is 1.39. The van der Waals surface area contributed by atoms with Gasteiger partial charge in [-0.15, -0.1) is 0 Å². The monoisotopic (exact) mass is 441 g/mol. The number of nitrogens with zero attached hydrogens (tertiary/aromatic N) is 3. The minimum absolute atomic E-state index is 0.0644. The molecule has 1 aliphatic heterocycles. The highest BCUT2D eigenvalue weighted by Crippen LogP contribution is 2.23. The molecule has 0 aliphatic carbocycles. The average Bonchev–Trinajstić information content (AvgIpc) is 2.84. The Morgan fingerprint density at radius 1 is 1.09 bits per heavy atom. The summed E-state index contributed by atoms with van der Waals surface area (Å²) in [6.07, 6.45) is 5.95. The van der Waals surface area contributed by atoms with E-state index in [1.165, 1.54) is 32.8 Å². The zero-order valence-electron chi connectivity index (χ0n) is 18.1. The van der Waals surface area contributed by atoms with E-state index in [1.54, 1.807) is 0 Å². The van der Waals surface area contributed by atoms with Crippen molar-refractivity contribution >= 4 is 29.2 Å². The molecule has 1 aromatic heterocycles. The molecule has 2 heterocycles. The van der Waals surface area contributed by atoms with Crippen molar-refractivity contribution in [3.05, 3.63) is 48.5 Å². The van der Waals surface area contributed by atoms with Gasteiger partial charge >= 0.3 is 11.9 Å². The summed E-state index contributed by atoms with van der Waals surface area (Å²) < 4.78 is 9.47. The molecule has 10 heteroatoms. The maximum atomic E-state index is 12.2. The third-order valence-corrected chi connectivity index (χ3v) is 5.30. The summed E-state index contributed by atoms with van der Waals surface area (Å²) in [6, 6.07) is 6.96. The summed E-state index contributed by atoms with van der Waals surface area (Å²) in [7, 11) is 2.60. The predicted molar refractivity (Wildman–Crippen MR) is 117 cm³/mol. The zero-order valence-corrected chi connectivity index (χ0v) is 18.1. The number of benzene rings is 1. The van der Waals surface area contributed by atoms with Crippen LogP contribution in [0.5, 0.6) is 0 Å². The molecule has 0 bridgehead atoms. The van der Waals surface area contributed by atoms with Crippen molar-refractivity contribution in [3.63, 3.8) is 0 Å². The third-order valence-electron chi connectivity index (χ3n) is 5.30. The number of amides is 1. The van der Waals surface area contributed by atoms with Crippen LogP contribution in [0.3, 0.4) is 0 Å². The highest BCUT2D eigenvalue weighted by molar-refractivity contribution is 6.02. The molecular weight excluding hydrogens is 414 g/mol. The topological polar surface area (TPSA) is 123 Å². The van der Waals surface area contributed by atoms with Crippen molar-refractivity contribution in [2.24, 2.45) is 0 Å². The fraction of sp³-hybridized carbons (Fsp3) is 0.409. The highest BCUT2D eigenvalue weighted by atomic mass is 16.5. The Hall–Kier alpha value is -3.53. The van der Waals surface area contributed by atoms with Crippen molar-refractivity contribution in [2.45, 2.75) is 31.3 Å². The van der Waals surface area contributed by atoms with E-state index in [-0.39, 0.29) is 24.1 Å². The molecule has 1 aliphatic rings. The van der Waals surface area contributed by atoms with Crippen molar-refractivity contribution in [3.8, 4) is 0 Å². The standard InChI is InChI=1S/C22H27N5O5/c1-31-20(28)13-18(22(30)32-2)25-16-7-11-27(12-8-16)17-5-3-15(4-6-17)26-21(29)19-14-23-9-10-24-19/h3-6,9-10,14,16,18,25H,7-8,11-13H2,1-2H3,(H,26,29)/t18-/m0/s1. The largest absolute Gasteiger partial charge is 0.469 e. The van der Waals surface area contributed by atoms with Gasteiger partial charge in [-0.2, -0.15) is 0 Å². The molecule has 1 amide bonds. The number of ether oxygens (including phenoxy) is 2. The molecule has 2 N–H and O–H groups in total. The minimum atomic E-state index is -0.721. The molecule has 3 rings (SSSR count). The van der Waals surface area contributed by atoms with Crippen molar-refractivity contribution in [1.29, 1.82) is 0 Å². The lowest BCUT2D eigenvalue weighted by atomic mass is 10.0. The average molecular weight is 441 g/mol. The van der Waals surface area contributed by atoms with Crippen LogP contribution in [-0.2, 0) is 19.1 Å². The lowest BCUT2D eigenvalue weighted by molar-refractivity contribution is -0.149. The summed E-state index contributed by atoms with van der Waals surface area (Å²) >= 11 is 0. The molecule has 0 spiro atoms. The number of aromatic nitrogens is 2. The number of rotatable bonds is 8. The van der Waals surface area contributed by atoms with Crippen LogP contribution in [0, 0.1) is 0 Å². The van der Waals surface area contributed by atoms with Gasteiger partial charge in [-0.3, -0.25) is 19.4 Å². The number of carbonyl (C=O) groups is 3. The van der Waals surface area contributed by atoms with Gasteiger partial charge in [0, 0.05) is 42.9 Å². The fourth-order valence-electron chi connectivity index (χ4n) is 3.56. The van der Waals surface area contributed by atoms with Gasteiger partial charge < -0.3 is 25.0 Å². The third kappa shape index (κ3) is 6.24. The van der Waals surface area contributed by atoms with E-state index in [9.17, 15) is 14.4 Å². The summed E-state index contributed by atoms with van der Waals surface area (Å²) in [5, 5.41) is 6.03. The van der Waals surface area contributed by atoms with Gasteiger partial charge in [-0.1, -0.05) is 0 Å². The molecule has 0 unspecified atom stereocenters. The van der Waals surface area contributed by atoms with Crippen LogP contribution in [0.15, 0.2) is 42.9 Å². The zero-order chi connectivity index (χ0) is 22.9. The minimum Gasteiger partial charge on any atom is -0.469 e. The first-order valence-electron chi connectivity index (χ1n) is 10.3. The molecule has 1 atom stereocenters. The van der Waals surface area contributed by atoms with E-state index < -0.39 is 18.0 Å². The first-order chi connectivity index (χ1) is 15.5. The van der Waals surface area contributed by atoms with E-state index in [0.717, 1.165) is 31.6 Å². The molecule has 0 radical (unpaired) electrons. The second-order valence-corrected chi connectivity index (χ2v) is 7.38. The number of nitrogens with one attached hydrogen (secondary N) is 2. The van der Waals surface area contributed by atoms with Gasteiger partial charge in [0.2, 0.25) is 0 Å². The first-order valence-corrected chi connectivity index (χ1v) is 10.3. The van der Waals surface area contributed by atoms with Crippen LogP contribution < -0.4 is 15.5 Å². The maximum Gasteiger partial charge on any atom is 0.323 e. The van der Waals surface area contributed by atoms with E-state index in [2.05, 4.69) is 30.2 Å². The lowest BCUT2D eigenvalue weighted by Gasteiger charge is -2.35. The number of hydrogen-bond donors (Lipinski definition) is 2. The summed E-state index contributed by atoms with van der Waals surface area (Å²) in [5.41, 5.74) is 1.97. The normalized spacial score (nSPS) is 15.0. The maximum absolute atomic E-state index is 12.2. The van der Waals surface area contributed by atoms with Crippen LogP contribution >= 0.6 is 0 Å². The smallest absolute Gasteiger partial charge is 0.323 e. The van der Waals surface area contributed by atoms with Crippen LogP contribution in [0.4, 0.5) is 11.4 Å². The van der Waals surface area contributed by atoms with Gasteiger partial charge in [0.15, 0.2) is 0 Å². The van der Waals surface area contributed by atoms with E-state index in [0.29, 0.717) is 5.69 Å². The van der Waals surface area contributed by atoms with Crippen LogP contribution in [0.2, 0.25) is 0 Å². The van der Waals surface area contributed by atoms with Gasteiger partial charge in [0.05, 0.1) is 26.8 Å². The van der Waals surface area contributed by atoms with E-state index >= 15 is 0 Å². The highest BCUT2D eigenvalue weighted by Gasteiger charge is 2.28. The lowest BCUT2D eigenvalue weighted by Crippen LogP contribution is -2.50. The number of carbonyl (C=O) groups excluding carboxylic acids is 3. The molecule has 0 saturated carbocycles. The fourth-order valence-corrected chi connectivity index (χ4v) is 3.56. The Kier molecular flexibility index (Phi) is 8.09. The first kappa shape index (κ1) is 23.1. The molecule has 170 valence electrons. The van der Waals surface area contributed by atoms with Crippen LogP contribution in [0.1, 0.15) is 29.8 Å². The van der Waals surface area contributed by atoms with Gasteiger partial charge in [-0.25, -0.2) is 4.98 Å². The molecule has 1 aromatic carbocycles. The van der Waals surface area contributed by atoms with E-state index in [1.807, 2.05) is 24.3 Å². The Bertz CT molecular complexity index is 914. The second kappa shape index (κ2) is 11.2. The van der Waals surface area contributed by atoms with Crippen molar-refractivity contribution in [1.82, 2.24) is 15.3 Å². The van der Waals surface area contributed by atoms with Crippen LogP contribution in [0.25, 0.3) is 0 Å². The Morgan fingerprint density at radius 3 is 2.41 bits per heavy atom. The molecule has 32 heavy (non-hydrogen) atoms. The summed E-state index contributed by atoms with van der Waals surface area (Å²) in [6.45, 7) is 1.57. The SMILES string of the molecule is COC(=O)C[C@H](NC1CCN(c2ccc(NC(=O)c3cnccn3)cc2)CC1)C(=O)OC. The van der Waals surface area contributed by atoms with Crippen molar-refractivity contribution in [2.75, 3.05) is 37.5 Å². The van der Waals surface area contributed by atoms with Crippen LogP contribution in [-0.4, -0.2) is 67.2 Å². The molecule has 1 fully saturated rings. The summed E-state index contributed by atoms with van der Waals surface area (Å²) in [5.74, 6) is -1.25. The number of piperidine rings is 1. The number of esters is 2. The summed E-state index contributed by atoms with van der Waals surface area (Å²) in [4.78, 5) is 45.9.